The summed E-state index contributed by atoms with van der Waals surface area (Å²) < 4.78 is 0. The van der Waals surface area contributed by atoms with E-state index in [2.05, 4.69) is 13.8 Å². The van der Waals surface area contributed by atoms with Crippen LogP contribution in [0.1, 0.15) is 42.6 Å². The molecule has 1 aromatic carbocycles. The van der Waals surface area contributed by atoms with Crippen LogP contribution in [0.2, 0.25) is 0 Å². The minimum Gasteiger partial charge on any atom is -0.389 e. The smallest absolute Gasteiger partial charge is 0.253 e. The quantitative estimate of drug-likeness (QED) is 0.803. The fourth-order valence-electron chi connectivity index (χ4n) is 1.84. The van der Waals surface area contributed by atoms with Gasteiger partial charge in [0.1, 0.15) is 4.99 Å². The van der Waals surface area contributed by atoms with Gasteiger partial charge in [-0.1, -0.05) is 38.2 Å². The SMILES string of the molecule is CCCN(CCC)C(=O)c1cccc(C(N)=S)c1. The van der Waals surface area contributed by atoms with Crippen molar-refractivity contribution in [2.75, 3.05) is 13.1 Å². The Morgan fingerprint density at radius 3 is 2.28 bits per heavy atom. The summed E-state index contributed by atoms with van der Waals surface area (Å²) in [7, 11) is 0. The van der Waals surface area contributed by atoms with Gasteiger partial charge in [-0.25, -0.2) is 0 Å². The molecule has 0 aliphatic carbocycles. The van der Waals surface area contributed by atoms with Crippen molar-refractivity contribution in [3.63, 3.8) is 0 Å². The lowest BCUT2D eigenvalue weighted by atomic mass is 10.1. The zero-order valence-electron chi connectivity index (χ0n) is 11.0. The number of nitrogens with zero attached hydrogens (tertiary/aromatic N) is 1. The number of benzene rings is 1. The molecule has 18 heavy (non-hydrogen) atoms. The highest BCUT2D eigenvalue weighted by Gasteiger charge is 2.14. The molecule has 0 fully saturated rings. The first-order valence-corrected chi connectivity index (χ1v) is 6.70. The Balaban J connectivity index is 2.93. The normalized spacial score (nSPS) is 10.1. The number of carbonyl (C=O) groups excluding carboxylic acids is 1. The summed E-state index contributed by atoms with van der Waals surface area (Å²) in [5.74, 6) is 0.0526. The molecule has 0 aliphatic rings. The molecule has 1 aromatic rings. The third kappa shape index (κ3) is 3.81. The van der Waals surface area contributed by atoms with E-state index in [-0.39, 0.29) is 5.91 Å². The number of amides is 1. The van der Waals surface area contributed by atoms with Crippen LogP contribution in [-0.4, -0.2) is 28.9 Å². The van der Waals surface area contributed by atoms with Crippen molar-refractivity contribution in [2.24, 2.45) is 5.73 Å². The summed E-state index contributed by atoms with van der Waals surface area (Å²) in [6, 6.07) is 7.21. The predicted molar refractivity (Wildman–Crippen MR) is 78.8 cm³/mol. The van der Waals surface area contributed by atoms with E-state index in [1.807, 2.05) is 23.1 Å². The van der Waals surface area contributed by atoms with Crippen molar-refractivity contribution >= 4 is 23.1 Å². The topological polar surface area (TPSA) is 46.3 Å². The van der Waals surface area contributed by atoms with Crippen molar-refractivity contribution < 1.29 is 4.79 Å². The van der Waals surface area contributed by atoms with Gasteiger partial charge in [0.15, 0.2) is 0 Å². The maximum Gasteiger partial charge on any atom is 0.253 e. The van der Waals surface area contributed by atoms with Gasteiger partial charge in [-0.15, -0.1) is 0 Å². The molecule has 4 heteroatoms. The van der Waals surface area contributed by atoms with Crippen LogP contribution in [-0.2, 0) is 0 Å². The third-order valence-electron chi connectivity index (χ3n) is 2.67. The van der Waals surface area contributed by atoms with E-state index in [4.69, 9.17) is 18.0 Å². The van der Waals surface area contributed by atoms with Gasteiger partial charge in [0.25, 0.3) is 5.91 Å². The first-order chi connectivity index (χ1) is 8.60. The Hall–Kier alpha value is -1.42. The molecule has 1 rings (SSSR count). The van der Waals surface area contributed by atoms with Crippen LogP contribution in [0.5, 0.6) is 0 Å². The summed E-state index contributed by atoms with van der Waals surface area (Å²) in [6.45, 7) is 5.71. The van der Waals surface area contributed by atoms with Crippen LogP contribution < -0.4 is 5.73 Å². The van der Waals surface area contributed by atoms with Crippen LogP contribution in [0, 0.1) is 0 Å². The lowest BCUT2D eigenvalue weighted by Gasteiger charge is -2.21. The molecule has 0 bridgehead atoms. The molecule has 1 amide bonds. The van der Waals surface area contributed by atoms with E-state index in [0.717, 1.165) is 31.5 Å². The highest BCUT2D eigenvalue weighted by atomic mass is 32.1. The largest absolute Gasteiger partial charge is 0.389 e. The van der Waals surface area contributed by atoms with Gasteiger partial charge in [-0.05, 0) is 25.0 Å². The van der Waals surface area contributed by atoms with Crippen LogP contribution in [0.4, 0.5) is 0 Å². The molecule has 0 unspecified atom stereocenters. The fourth-order valence-corrected chi connectivity index (χ4v) is 1.97. The van der Waals surface area contributed by atoms with Crippen LogP contribution in [0.3, 0.4) is 0 Å². The maximum atomic E-state index is 12.3. The summed E-state index contributed by atoms with van der Waals surface area (Å²) in [4.78, 5) is 14.5. The Bertz CT molecular complexity index is 426. The monoisotopic (exact) mass is 264 g/mol. The van der Waals surface area contributed by atoms with Crippen molar-refractivity contribution in [3.05, 3.63) is 35.4 Å². The first-order valence-electron chi connectivity index (χ1n) is 6.29. The Morgan fingerprint density at radius 2 is 1.78 bits per heavy atom. The number of nitrogens with two attached hydrogens (primary N) is 1. The van der Waals surface area contributed by atoms with Crippen molar-refractivity contribution in [1.82, 2.24) is 4.90 Å². The van der Waals surface area contributed by atoms with Gasteiger partial charge >= 0.3 is 0 Å². The molecular weight excluding hydrogens is 244 g/mol. The molecule has 0 aliphatic heterocycles. The molecular formula is C14H20N2OS. The predicted octanol–water partition coefficient (Wildman–Crippen LogP) is 2.58. The van der Waals surface area contributed by atoms with E-state index in [1.165, 1.54) is 0 Å². The average Bonchev–Trinajstić information content (AvgIpc) is 2.38. The van der Waals surface area contributed by atoms with E-state index >= 15 is 0 Å². The number of hydrogen-bond donors (Lipinski definition) is 1. The van der Waals surface area contributed by atoms with Gasteiger partial charge in [0.05, 0.1) is 0 Å². The number of thiocarbonyl (C=S) groups is 1. The van der Waals surface area contributed by atoms with Crippen LogP contribution >= 0.6 is 12.2 Å². The molecule has 0 atom stereocenters. The highest BCUT2D eigenvalue weighted by molar-refractivity contribution is 7.80. The number of hydrogen-bond acceptors (Lipinski definition) is 2. The van der Waals surface area contributed by atoms with Crippen LogP contribution in [0.25, 0.3) is 0 Å². The van der Waals surface area contributed by atoms with E-state index in [1.54, 1.807) is 6.07 Å². The van der Waals surface area contributed by atoms with Crippen molar-refractivity contribution in [3.8, 4) is 0 Å². The van der Waals surface area contributed by atoms with E-state index < -0.39 is 0 Å². The van der Waals surface area contributed by atoms with E-state index in [0.29, 0.717) is 10.6 Å². The summed E-state index contributed by atoms with van der Waals surface area (Å²) in [5.41, 5.74) is 6.98. The molecule has 0 aromatic heterocycles. The first kappa shape index (κ1) is 14.6. The van der Waals surface area contributed by atoms with Crippen molar-refractivity contribution in [2.45, 2.75) is 26.7 Å². The molecule has 0 saturated carbocycles. The average molecular weight is 264 g/mol. The van der Waals surface area contributed by atoms with E-state index in [9.17, 15) is 4.79 Å². The summed E-state index contributed by atoms with van der Waals surface area (Å²) in [5, 5.41) is 0. The minimum absolute atomic E-state index is 0.0526. The van der Waals surface area contributed by atoms with Gasteiger partial charge in [0, 0.05) is 24.2 Å². The number of carbonyl (C=O) groups is 1. The second kappa shape index (κ2) is 7.11. The highest BCUT2D eigenvalue weighted by Crippen LogP contribution is 2.09. The molecule has 98 valence electrons. The molecule has 0 spiro atoms. The van der Waals surface area contributed by atoms with Gasteiger partial charge < -0.3 is 10.6 Å². The lowest BCUT2D eigenvalue weighted by Crippen LogP contribution is -2.32. The molecule has 2 N–H and O–H groups in total. The lowest BCUT2D eigenvalue weighted by molar-refractivity contribution is 0.0755. The Labute approximate surface area is 114 Å². The second-order valence-corrected chi connectivity index (χ2v) is 4.68. The third-order valence-corrected chi connectivity index (χ3v) is 2.90. The van der Waals surface area contributed by atoms with Gasteiger partial charge in [-0.2, -0.15) is 0 Å². The molecule has 0 heterocycles. The Morgan fingerprint density at radius 1 is 1.22 bits per heavy atom. The van der Waals surface area contributed by atoms with Gasteiger partial charge in [-0.3, -0.25) is 4.79 Å². The zero-order valence-corrected chi connectivity index (χ0v) is 11.8. The Kier molecular flexibility index (Phi) is 5.78. The summed E-state index contributed by atoms with van der Waals surface area (Å²) in [6.07, 6.45) is 1.92. The standard InChI is InChI=1S/C14H20N2OS/c1-3-8-16(9-4-2)14(17)12-7-5-6-11(10-12)13(15)18/h5-7,10H,3-4,8-9H2,1-2H3,(H2,15,18). The maximum absolute atomic E-state index is 12.3. The number of rotatable bonds is 6. The summed E-state index contributed by atoms with van der Waals surface area (Å²) >= 11 is 4.93. The fraction of sp³-hybridized carbons (Fsp3) is 0.429. The van der Waals surface area contributed by atoms with Gasteiger partial charge in [0.2, 0.25) is 0 Å². The molecule has 0 radical (unpaired) electrons. The van der Waals surface area contributed by atoms with Crippen LogP contribution in [0.15, 0.2) is 24.3 Å². The van der Waals surface area contributed by atoms with Crippen molar-refractivity contribution in [1.29, 1.82) is 0 Å². The second-order valence-electron chi connectivity index (χ2n) is 4.24. The molecule has 3 nitrogen and oxygen atoms in total. The molecule has 0 saturated heterocycles. The zero-order chi connectivity index (χ0) is 13.5. The minimum atomic E-state index is 0.0526.